The Morgan fingerprint density at radius 3 is 2.61 bits per heavy atom. The summed E-state index contributed by atoms with van der Waals surface area (Å²) in [6.45, 7) is 2.15. The molecule has 0 aliphatic heterocycles. The highest BCUT2D eigenvalue weighted by Crippen LogP contribution is 2.33. The molecule has 0 radical (unpaired) electrons. The molecule has 0 unspecified atom stereocenters. The molecule has 1 aliphatic carbocycles. The maximum Gasteiger partial charge on any atom is 0.265 e. The monoisotopic (exact) mass is 433 g/mol. The van der Waals surface area contributed by atoms with Gasteiger partial charge in [0.05, 0.1) is 5.69 Å². The second kappa shape index (κ2) is 8.06. The Hall–Kier alpha value is -2.17. The molecule has 1 aliphatic rings. The van der Waals surface area contributed by atoms with E-state index in [0.717, 1.165) is 9.47 Å². The summed E-state index contributed by atoms with van der Waals surface area (Å²) in [5, 5.41) is 13.1. The van der Waals surface area contributed by atoms with Crippen molar-refractivity contribution in [3.63, 3.8) is 0 Å². The van der Waals surface area contributed by atoms with Crippen LogP contribution in [0.2, 0.25) is 0 Å². The summed E-state index contributed by atoms with van der Waals surface area (Å²) in [6.07, 6.45) is 3.75. The molecule has 0 bridgehead atoms. The maximum atomic E-state index is 13.0. The van der Waals surface area contributed by atoms with Crippen LogP contribution in [0.3, 0.4) is 0 Å². The van der Waals surface area contributed by atoms with Gasteiger partial charge in [-0.2, -0.15) is 0 Å². The Bertz CT molecular complexity index is 1030. The van der Waals surface area contributed by atoms with Gasteiger partial charge in [0.1, 0.15) is 9.92 Å². The highest BCUT2D eigenvalue weighted by Gasteiger charge is 2.24. The molecule has 4 rings (SSSR count). The van der Waals surface area contributed by atoms with E-state index in [-0.39, 0.29) is 4.90 Å². The van der Waals surface area contributed by atoms with Gasteiger partial charge in [-0.25, -0.2) is 13.4 Å². The summed E-state index contributed by atoms with van der Waals surface area (Å²) in [5.74, 6) is 0. The van der Waals surface area contributed by atoms with Gasteiger partial charge >= 0.3 is 0 Å². The molecule has 2 aromatic heterocycles. The quantitative estimate of drug-likeness (QED) is 0.577. The number of nitrogens with one attached hydrogen (secondary N) is 1. The zero-order valence-corrected chi connectivity index (χ0v) is 17.6. The van der Waals surface area contributed by atoms with E-state index in [1.807, 2.05) is 25.1 Å². The van der Waals surface area contributed by atoms with E-state index < -0.39 is 10.0 Å². The summed E-state index contributed by atoms with van der Waals surface area (Å²) in [5.41, 5.74) is 0.632. The van der Waals surface area contributed by atoms with E-state index in [1.54, 1.807) is 24.3 Å². The Kier molecular flexibility index (Phi) is 5.51. The SMILES string of the molecule is CCN(c1ccccc1)S(=O)(=O)c1ccc(Sc2nnc(NC3CC3)s2)nc1. The average molecular weight is 434 g/mol. The van der Waals surface area contributed by atoms with Crippen LogP contribution in [-0.2, 0) is 10.0 Å². The van der Waals surface area contributed by atoms with Crippen LogP contribution in [0.4, 0.5) is 10.8 Å². The molecule has 1 fully saturated rings. The molecule has 2 heterocycles. The third-order valence-electron chi connectivity index (χ3n) is 4.13. The van der Waals surface area contributed by atoms with Crippen molar-refractivity contribution in [1.29, 1.82) is 0 Å². The first-order valence-electron chi connectivity index (χ1n) is 8.88. The lowest BCUT2D eigenvalue weighted by Gasteiger charge is -2.22. The van der Waals surface area contributed by atoms with Gasteiger partial charge in [-0.15, -0.1) is 10.2 Å². The lowest BCUT2D eigenvalue weighted by molar-refractivity contribution is 0.591. The average Bonchev–Trinajstić information content (AvgIpc) is 3.41. The highest BCUT2D eigenvalue weighted by molar-refractivity contribution is 8.01. The second-order valence-electron chi connectivity index (χ2n) is 6.23. The lowest BCUT2D eigenvalue weighted by Crippen LogP contribution is -2.30. The van der Waals surface area contributed by atoms with E-state index in [9.17, 15) is 8.42 Å². The van der Waals surface area contributed by atoms with Crippen molar-refractivity contribution in [3.05, 3.63) is 48.7 Å². The van der Waals surface area contributed by atoms with Gasteiger partial charge in [-0.1, -0.05) is 29.5 Å². The Morgan fingerprint density at radius 1 is 1.18 bits per heavy atom. The summed E-state index contributed by atoms with van der Waals surface area (Å²) in [4.78, 5) is 4.47. The molecule has 0 spiro atoms. The second-order valence-corrected chi connectivity index (χ2v) is 10.3. The molecule has 10 heteroatoms. The van der Waals surface area contributed by atoms with E-state index >= 15 is 0 Å². The van der Waals surface area contributed by atoms with Gasteiger partial charge in [0.15, 0.2) is 4.34 Å². The zero-order valence-electron chi connectivity index (χ0n) is 15.1. The van der Waals surface area contributed by atoms with Crippen molar-refractivity contribution in [1.82, 2.24) is 15.2 Å². The smallest absolute Gasteiger partial charge is 0.265 e. The van der Waals surface area contributed by atoms with Crippen LogP contribution in [0.25, 0.3) is 0 Å². The third kappa shape index (κ3) is 4.29. The van der Waals surface area contributed by atoms with Crippen LogP contribution in [0.15, 0.2) is 62.9 Å². The van der Waals surface area contributed by atoms with Gasteiger partial charge in [0.2, 0.25) is 5.13 Å². The van der Waals surface area contributed by atoms with E-state index in [4.69, 9.17) is 0 Å². The van der Waals surface area contributed by atoms with Gasteiger partial charge < -0.3 is 5.32 Å². The van der Waals surface area contributed by atoms with Crippen LogP contribution in [0.1, 0.15) is 19.8 Å². The van der Waals surface area contributed by atoms with Crippen molar-refractivity contribution < 1.29 is 8.42 Å². The molecule has 1 aromatic carbocycles. The Morgan fingerprint density at radius 2 is 1.96 bits per heavy atom. The number of rotatable bonds is 8. The van der Waals surface area contributed by atoms with Crippen molar-refractivity contribution in [3.8, 4) is 0 Å². The molecule has 28 heavy (non-hydrogen) atoms. The minimum Gasteiger partial charge on any atom is -0.357 e. The van der Waals surface area contributed by atoms with Crippen LogP contribution in [0, 0.1) is 0 Å². The van der Waals surface area contributed by atoms with E-state index in [0.29, 0.717) is 23.3 Å². The molecule has 1 saturated carbocycles. The van der Waals surface area contributed by atoms with Crippen LogP contribution >= 0.6 is 23.1 Å². The van der Waals surface area contributed by atoms with Gasteiger partial charge in [0.25, 0.3) is 10.0 Å². The fourth-order valence-electron chi connectivity index (χ4n) is 2.59. The fourth-order valence-corrected chi connectivity index (χ4v) is 5.73. The highest BCUT2D eigenvalue weighted by atomic mass is 32.2. The normalized spacial score (nSPS) is 14.0. The largest absolute Gasteiger partial charge is 0.357 e. The van der Waals surface area contributed by atoms with Crippen molar-refractivity contribution >= 4 is 43.9 Å². The molecule has 146 valence electrons. The van der Waals surface area contributed by atoms with Crippen LogP contribution in [0.5, 0.6) is 0 Å². The van der Waals surface area contributed by atoms with Gasteiger partial charge in [-0.05, 0) is 55.8 Å². The Labute approximate surface area is 172 Å². The minimum atomic E-state index is -3.67. The van der Waals surface area contributed by atoms with Crippen LogP contribution in [-0.4, -0.2) is 36.2 Å². The summed E-state index contributed by atoms with van der Waals surface area (Å²) < 4.78 is 28.1. The third-order valence-corrected chi connectivity index (χ3v) is 7.87. The summed E-state index contributed by atoms with van der Waals surface area (Å²) >= 11 is 2.85. The number of sulfonamides is 1. The van der Waals surface area contributed by atoms with Gasteiger partial charge in [0, 0.05) is 18.8 Å². The first-order valence-corrected chi connectivity index (χ1v) is 12.0. The number of hydrogen-bond donors (Lipinski definition) is 1. The molecular formula is C18H19N5O2S3. The van der Waals surface area contributed by atoms with Crippen molar-refractivity contribution in [2.24, 2.45) is 0 Å². The number of nitrogens with zero attached hydrogens (tertiary/aromatic N) is 4. The van der Waals surface area contributed by atoms with E-state index in [1.165, 1.54) is 46.4 Å². The molecule has 3 aromatic rings. The molecule has 7 nitrogen and oxygen atoms in total. The topological polar surface area (TPSA) is 88.1 Å². The summed E-state index contributed by atoms with van der Waals surface area (Å²) in [7, 11) is -3.67. The first kappa shape index (κ1) is 19.2. The van der Waals surface area contributed by atoms with Crippen molar-refractivity contribution in [2.75, 3.05) is 16.2 Å². The molecule has 0 saturated heterocycles. The molecule has 1 N–H and O–H groups in total. The minimum absolute atomic E-state index is 0.163. The number of anilines is 2. The molecule has 0 amide bonds. The number of pyridine rings is 1. The van der Waals surface area contributed by atoms with E-state index in [2.05, 4.69) is 20.5 Å². The number of hydrogen-bond acceptors (Lipinski definition) is 8. The van der Waals surface area contributed by atoms with Crippen LogP contribution < -0.4 is 9.62 Å². The first-order chi connectivity index (χ1) is 13.6. The number of para-hydroxylation sites is 1. The predicted octanol–water partition coefficient (Wildman–Crippen LogP) is 3.87. The molecule has 0 atom stereocenters. The molecular weight excluding hydrogens is 414 g/mol. The fraction of sp³-hybridized carbons (Fsp3) is 0.278. The van der Waals surface area contributed by atoms with Crippen molar-refractivity contribution in [2.45, 2.75) is 40.1 Å². The number of benzene rings is 1. The predicted molar refractivity (Wildman–Crippen MR) is 112 cm³/mol. The standard InChI is InChI=1S/C18H19N5O2S3/c1-2-23(14-6-4-3-5-7-14)28(24,25)15-10-11-16(19-12-15)26-18-22-21-17(27-18)20-13-8-9-13/h3-7,10-13H,2,8-9H2,1H3,(H,20,21). The maximum absolute atomic E-state index is 13.0. The number of aromatic nitrogens is 3. The zero-order chi connectivity index (χ0) is 19.6. The van der Waals surface area contributed by atoms with Gasteiger partial charge in [-0.3, -0.25) is 4.31 Å². The summed E-state index contributed by atoms with van der Waals surface area (Å²) in [6, 6.07) is 12.9. The lowest BCUT2D eigenvalue weighted by atomic mass is 10.3. The Balaban J connectivity index is 1.49.